The van der Waals surface area contributed by atoms with Gasteiger partial charge >= 0.3 is 0 Å². The molecule has 7 heteroatoms. The van der Waals surface area contributed by atoms with Crippen LogP contribution in [0.2, 0.25) is 0 Å². The Kier molecular flexibility index (Phi) is 5.68. The van der Waals surface area contributed by atoms with Crippen molar-refractivity contribution in [3.63, 3.8) is 0 Å². The number of aromatic hydroxyl groups is 1. The Morgan fingerprint density at radius 1 is 1.13 bits per heavy atom. The van der Waals surface area contributed by atoms with Crippen LogP contribution in [0.5, 0.6) is 5.75 Å². The lowest BCUT2D eigenvalue weighted by Crippen LogP contribution is -2.34. The van der Waals surface area contributed by atoms with Crippen LogP contribution in [-0.2, 0) is 6.42 Å². The summed E-state index contributed by atoms with van der Waals surface area (Å²) in [6, 6.07) is 18.0. The predicted octanol–water partition coefficient (Wildman–Crippen LogP) is 5.20. The zero-order chi connectivity index (χ0) is 22.0. The Morgan fingerprint density at radius 2 is 1.94 bits per heavy atom. The van der Waals surface area contributed by atoms with E-state index in [0.29, 0.717) is 28.3 Å². The van der Waals surface area contributed by atoms with Crippen molar-refractivity contribution in [3.8, 4) is 17.2 Å². The van der Waals surface area contributed by atoms with Crippen LogP contribution in [0.1, 0.15) is 28.4 Å². The molecule has 0 bridgehead atoms. The summed E-state index contributed by atoms with van der Waals surface area (Å²) in [6.45, 7) is 3.94. The molecule has 0 unspecified atom stereocenters. The van der Waals surface area contributed by atoms with Gasteiger partial charge in [0.25, 0.3) is 5.91 Å². The lowest BCUT2D eigenvalue weighted by molar-refractivity contribution is 0.0977. The molecule has 0 aliphatic carbocycles. The Balaban J connectivity index is 1.54. The topological polar surface area (TPSA) is 87.4 Å². The first kappa shape index (κ1) is 20.6. The Hall–Kier alpha value is -3.71. The number of hydrogen-bond donors (Lipinski definition) is 3. The van der Waals surface area contributed by atoms with E-state index in [1.807, 2.05) is 37.3 Å². The van der Waals surface area contributed by atoms with Crippen molar-refractivity contribution in [1.82, 2.24) is 10.3 Å². The first-order valence-electron chi connectivity index (χ1n) is 9.85. The quantitative estimate of drug-likeness (QED) is 0.304. The summed E-state index contributed by atoms with van der Waals surface area (Å²) in [5.74, 6) is 0.0437. The second kappa shape index (κ2) is 8.57. The summed E-state index contributed by atoms with van der Waals surface area (Å²) in [5, 5.41) is 16.1. The number of phenolic OH excluding ortho intramolecular Hbond substituents is 1. The summed E-state index contributed by atoms with van der Waals surface area (Å²) < 4.78 is 5.83. The maximum Gasteiger partial charge on any atom is 0.257 e. The molecule has 0 saturated heterocycles. The number of aryl methyl sites for hydroxylation is 2. The Labute approximate surface area is 184 Å². The highest BCUT2D eigenvalue weighted by atomic mass is 32.1. The minimum atomic E-state index is -0.291. The average Bonchev–Trinajstić information content (AvgIpc) is 3.18. The normalized spacial score (nSPS) is 10.8. The Bertz CT molecular complexity index is 1300. The van der Waals surface area contributed by atoms with Crippen LogP contribution in [-0.4, -0.2) is 21.1 Å². The fraction of sp³-hybridized carbons (Fsp3) is 0.125. The van der Waals surface area contributed by atoms with Gasteiger partial charge in [0, 0.05) is 11.3 Å². The van der Waals surface area contributed by atoms with E-state index in [1.54, 1.807) is 24.3 Å². The van der Waals surface area contributed by atoms with Gasteiger partial charge < -0.3 is 14.8 Å². The van der Waals surface area contributed by atoms with Gasteiger partial charge in [-0.1, -0.05) is 31.2 Å². The number of benzene rings is 3. The summed E-state index contributed by atoms with van der Waals surface area (Å²) in [4.78, 5) is 17.0. The van der Waals surface area contributed by atoms with E-state index in [0.717, 1.165) is 23.1 Å². The molecule has 3 aromatic carbocycles. The zero-order valence-electron chi connectivity index (χ0n) is 17.1. The lowest BCUT2D eigenvalue weighted by atomic mass is 10.1. The summed E-state index contributed by atoms with van der Waals surface area (Å²) >= 11 is 5.28. The minimum absolute atomic E-state index is 0.0303. The van der Waals surface area contributed by atoms with Crippen molar-refractivity contribution in [2.45, 2.75) is 20.3 Å². The van der Waals surface area contributed by atoms with E-state index in [4.69, 9.17) is 16.6 Å². The van der Waals surface area contributed by atoms with Gasteiger partial charge in [-0.2, -0.15) is 0 Å². The van der Waals surface area contributed by atoms with Gasteiger partial charge in [-0.05, 0) is 73.1 Å². The smallest absolute Gasteiger partial charge is 0.257 e. The molecule has 0 fully saturated rings. The van der Waals surface area contributed by atoms with Crippen molar-refractivity contribution in [1.29, 1.82) is 0 Å². The van der Waals surface area contributed by atoms with Gasteiger partial charge in [-0.25, -0.2) is 4.98 Å². The van der Waals surface area contributed by atoms with E-state index < -0.39 is 0 Å². The molecule has 1 aromatic heterocycles. The number of phenols is 1. The Morgan fingerprint density at radius 3 is 2.71 bits per heavy atom. The van der Waals surface area contributed by atoms with Gasteiger partial charge in [0.15, 0.2) is 10.7 Å². The molecule has 4 aromatic rings. The van der Waals surface area contributed by atoms with Crippen molar-refractivity contribution < 1.29 is 14.3 Å². The largest absolute Gasteiger partial charge is 0.507 e. The zero-order valence-corrected chi connectivity index (χ0v) is 17.9. The van der Waals surface area contributed by atoms with Crippen LogP contribution in [0.3, 0.4) is 0 Å². The van der Waals surface area contributed by atoms with E-state index in [1.165, 1.54) is 6.07 Å². The highest BCUT2D eigenvalue weighted by Gasteiger charge is 2.15. The summed E-state index contributed by atoms with van der Waals surface area (Å²) in [7, 11) is 0. The first-order chi connectivity index (χ1) is 14.9. The number of fused-ring (bicyclic) bond motifs is 1. The number of anilines is 1. The molecular weight excluding hydrogens is 410 g/mol. The molecular formula is C24H21N3O3S. The number of carbonyl (C=O) groups excluding carboxylic acids is 1. The van der Waals surface area contributed by atoms with Gasteiger partial charge in [-0.3, -0.25) is 10.1 Å². The fourth-order valence-corrected chi connectivity index (χ4v) is 3.46. The summed E-state index contributed by atoms with van der Waals surface area (Å²) in [6.07, 6.45) is 0.897. The van der Waals surface area contributed by atoms with Crippen LogP contribution in [0, 0.1) is 6.92 Å². The minimum Gasteiger partial charge on any atom is -0.507 e. The third kappa shape index (κ3) is 4.41. The maximum absolute atomic E-state index is 12.5. The third-order valence-electron chi connectivity index (χ3n) is 4.96. The van der Waals surface area contributed by atoms with Crippen molar-refractivity contribution in [3.05, 3.63) is 77.4 Å². The second-order valence-electron chi connectivity index (χ2n) is 7.13. The molecule has 0 spiro atoms. The number of aromatic nitrogens is 1. The fourth-order valence-electron chi connectivity index (χ4n) is 3.25. The van der Waals surface area contributed by atoms with Crippen LogP contribution in [0.15, 0.2) is 65.1 Å². The van der Waals surface area contributed by atoms with Crippen LogP contribution >= 0.6 is 12.2 Å². The van der Waals surface area contributed by atoms with Gasteiger partial charge in [0.1, 0.15) is 11.3 Å². The number of rotatable bonds is 4. The molecule has 31 heavy (non-hydrogen) atoms. The van der Waals surface area contributed by atoms with E-state index in [2.05, 4.69) is 22.5 Å². The number of oxazole rings is 1. The molecule has 156 valence electrons. The highest BCUT2D eigenvalue weighted by Crippen LogP contribution is 2.33. The van der Waals surface area contributed by atoms with Gasteiger partial charge in [0.2, 0.25) is 5.89 Å². The molecule has 0 atom stereocenters. The number of hydrogen-bond acceptors (Lipinski definition) is 5. The van der Waals surface area contributed by atoms with Gasteiger partial charge in [0.05, 0.1) is 5.56 Å². The van der Waals surface area contributed by atoms with Crippen molar-refractivity contribution >= 4 is 40.0 Å². The third-order valence-corrected chi connectivity index (χ3v) is 5.17. The van der Waals surface area contributed by atoms with E-state index in [9.17, 15) is 9.90 Å². The van der Waals surface area contributed by atoms with Crippen molar-refractivity contribution in [2.24, 2.45) is 0 Å². The van der Waals surface area contributed by atoms with Crippen LogP contribution < -0.4 is 10.6 Å². The number of nitrogens with zero attached hydrogens (tertiary/aromatic N) is 1. The molecule has 0 aliphatic rings. The lowest BCUT2D eigenvalue weighted by Gasteiger charge is -2.12. The first-order valence-corrected chi connectivity index (χ1v) is 10.3. The molecule has 0 aliphatic heterocycles. The second-order valence-corrected chi connectivity index (χ2v) is 7.54. The molecule has 0 saturated carbocycles. The van der Waals surface area contributed by atoms with E-state index in [-0.39, 0.29) is 16.8 Å². The van der Waals surface area contributed by atoms with Crippen LogP contribution in [0.25, 0.3) is 22.6 Å². The molecule has 0 radical (unpaired) electrons. The molecule has 3 N–H and O–H groups in total. The molecule has 1 heterocycles. The van der Waals surface area contributed by atoms with E-state index >= 15 is 0 Å². The highest BCUT2D eigenvalue weighted by molar-refractivity contribution is 7.80. The number of carbonyl (C=O) groups is 1. The number of thiocarbonyl (C=S) groups is 1. The maximum atomic E-state index is 12.5. The van der Waals surface area contributed by atoms with Gasteiger partial charge in [-0.15, -0.1) is 0 Å². The number of nitrogens with one attached hydrogen (secondary N) is 2. The molecule has 4 rings (SSSR count). The number of amides is 1. The molecule has 6 nitrogen and oxygen atoms in total. The summed E-state index contributed by atoms with van der Waals surface area (Å²) in [5.41, 5.74) is 4.94. The molecule has 1 amide bonds. The van der Waals surface area contributed by atoms with Crippen molar-refractivity contribution in [2.75, 3.05) is 5.32 Å². The standard InChI is InChI=1S/C24H21N3O3S/c1-3-15-8-11-21-19(12-15)26-23(30-21)18-13-16(9-10-20(18)28)25-24(31)27-22(29)17-7-5-4-6-14(17)2/h4-13,28H,3H2,1-2H3,(H2,25,27,29,31). The monoisotopic (exact) mass is 431 g/mol. The predicted molar refractivity (Wildman–Crippen MR) is 125 cm³/mol. The SMILES string of the molecule is CCc1ccc2oc(-c3cc(NC(=S)NC(=O)c4ccccc4C)ccc3O)nc2c1. The van der Waals surface area contributed by atoms with Crippen LogP contribution in [0.4, 0.5) is 5.69 Å². The average molecular weight is 432 g/mol.